The second kappa shape index (κ2) is 7.96. The molecule has 0 aliphatic carbocycles. The summed E-state index contributed by atoms with van der Waals surface area (Å²) in [7, 11) is 0. The van der Waals surface area contributed by atoms with E-state index in [1.54, 1.807) is 16.7 Å². The molecule has 1 aromatic carbocycles. The molecule has 5 heterocycles. The predicted molar refractivity (Wildman–Crippen MR) is 118 cm³/mol. The van der Waals surface area contributed by atoms with Crippen LogP contribution in [0.5, 0.6) is 17.4 Å². The number of morpholine rings is 1. The average molecular weight is 497 g/mol. The zero-order chi connectivity index (χ0) is 25.1. The lowest BCUT2D eigenvalue weighted by atomic mass is 10.0. The van der Waals surface area contributed by atoms with E-state index in [1.807, 2.05) is 6.07 Å². The van der Waals surface area contributed by atoms with E-state index < -0.39 is 17.6 Å². The molecule has 9 nitrogen and oxygen atoms in total. The molecule has 36 heavy (non-hydrogen) atoms. The molecule has 2 aromatic heterocycles. The quantitative estimate of drug-likeness (QED) is 0.530. The Morgan fingerprint density at radius 1 is 1.25 bits per heavy atom. The molecular weight excluding hydrogens is 479 g/mol. The van der Waals surface area contributed by atoms with Gasteiger partial charge >= 0.3 is 11.9 Å². The van der Waals surface area contributed by atoms with Gasteiger partial charge in [-0.2, -0.15) is 23.4 Å². The van der Waals surface area contributed by atoms with E-state index in [9.17, 15) is 23.2 Å². The number of anilines is 1. The van der Waals surface area contributed by atoms with Crippen molar-refractivity contribution >= 4 is 5.82 Å². The monoisotopic (exact) mass is 497 g/mol. The van der Waals surface area contributed by atoms with Crippen molar-refractivity contribution in [2.75, 3.05) is 18.1 Å². The van der Waals surface area contributed by atoms with Crippen LogP contribution >= 0.6 is 0 Å². The molecule has 2 atom stereocenters. The van der Waals surface area contributed by atoms with Crippen molar-refractivity contribution in [2.24, 2.45) is 0 Å². The summed E-state index contributed by atoms with van der Waals surface area (Å²) in [6.45, 7) is 1.87. The highest BCUT2D eigenvalue weighted by atomic mass is 19.4. The van der Waals surface area contributed by atoms with Gasteiger partial charge in [0.15, 0.2) is 0 Å². The molecule has 3 aliphatic rings. The first-order chi connectivity index (χ1) is 17.2. The van der Waals surface area contributed by atoms with Gasteiger partial charge in [0.25, 0.3) is 0 Å². The molecule has 1 spiro atoms. The summed E-state index contributed by atoms with van der Waals surface area (Å²) in [4.78, 5) is 22.1. The van der Waals surface area contributed by atoms with Crippen LogP contribution in [0.3, 0.4) is 0 Å². The summed E-state index contributed by atoms with van der Waals surface area (Å²) in [6.07, 6.45) is -2.58. The molecule has 0 radical (unpaired) electrons. The highest BCUT2D eigenvalue weighted by molar-refractivity contribution is 5.53. The molecule has 2 bridgehead atoms. The first kappa shape index (κ1) is 22.4. The number of pyridine rings is 1. The van der Waals surface area contributed by atoms with Crippen molar-refractivity contribution in [3.05, 3.63) is 69.9 Å². The zero-order valence-corrected chi connectivity index (χ0v) is 18.7. The van der Waals surface area contributed by atoms with Crippen molar-refractivity contribution in [1.82, 2.24) is 14.5 Å². The Balaban J connectivity index is 1.18. The number of alkyl halides is 3. The van der Waals surface area contributed by atoms with E-state index in [-0.39, 0.29) is 41.2 Å². The van der Waals surface area contributed by atoms with Gasteiger partial charge in [0.1, 0.15) is 35.7 Å². The smallest absolute Gasteiger partial charge is 0.433 e. The average Bonchev–Trinajstić information content (AvgIpc) is 3.52. The molecule has 0 N–H and O–H groups in total. The van der Waals surface area contributed by atoms with Crippen molar-refractivity contribution in [1.29, 1.82) is 5.26 Å². The van der Waals surface area contributed by atoms with Gasteiger partial charge in [-0.25, -0.2) is 4.79 Å². The van der Waals surface area contributed by atoms with Gasteiger partial charge in [0.2, 0.25) is 5.88 Å². The maximum absolute atomic E-state index is 12.9. The van der Waals surface area contributed by atoms with Crippen LogP contribution in [-0.4, -0.2) is 39.3 Å². The number of fused-ring (bicyclic) bond motifs is 3. The molecule has 0 saturated carbocycles. The van der Waals surface area contributed by atoms with Gasteiger partial charge in [-0.05, 0) is 23.8 Å². The molecule has 2 saturated heterocycles. The van der Waals surface area contributed by atoms with E-state index in [0.717, 1.165) is 31.0 Å². The minimum Gasteiger partial charge on any atom is -0.473 e. The number of hydrogen-bond donors (Lipinski definition) is 0. The maximum atomic E-state index is 12.9. The van der Waals surface area contributed by atoms with Gasteiger partial charge in [0.05, 0.1) is 30.4 Å². The first-order valence-corrected chi connectivity index (χ1v) is 11.1. The third-order valence-electron chi connectivity index (χ3n) is 6.65. The largest absolute Gasteiger partial charge is 0.473 e. The van der Waals surface area contributed by atoms with Gasteiger partial charge in [-0.15, -0.1) is 0 Å². The van der Waals surface area contributed by atoms with Gasteiger partial charge in [-0.3, -0.25) is 9.55 Å². The third kappa shape index (κ3) is 3.72. The number of rotatable bonds is 5. The standard InChI is InChI=1S/C24H18F3N5O4/c25-24(26,27)19-6-16(3-4-29-19)36-18-2-1-14(5-15(18)9-28)11-34-20-7-21-31(22(33)30-20)12-23-8-17(35-13-23)10-32(21)23/h1-7,17H,8,10-13H2/t17-,23+/m0/s1. The first-order valence-electron chi connectivity index (χ1n) is 11.1. The van der Waals surface area contributed by atoms with Gasteiger partial charge in [-0.1, -0.05) is 6.07 Å². The van der Waals surface area contributed by atoms with E-state index in [0.29, 0.717) is 18.7 Å². The normalized spacial score (nSPS) is 21.7. The van der Waals surface area contributed by atoms with E-state index in [4.69, 9.17) is 14.2 Å². The summed E-state index contributed by atoms with van der Waals surface area (Å²) in [6, 6.07) is 10.3. The van der Waals surface area contributed by atoms with E-state index >= 15 is 0 Å². The van der Waals surface area contributed by atoms with Crippen molar-refractivity contribution in [2.45, 2.75) is 37.4 Å². The Kier molecular flexibility index (Phi) is 4.94. The topological polar surface area (TPSA) is 102 Å². The Labute approximate surface area is 202 Å². The number of ether oxygens (including phenoxy) is 3. The minimum atomic E-state index is -4.62. The lowest BCUT2D eigenvalue weighted by Gasteiger charge is -2.32. The Bertz CT molecular complexity index is 1470. The number of benzene rings is 1. The zero-order valence-electron chi connectivity index (χ0n) is 18.7. The molecule has 2 fully saturated rings. The Morgan fingerprint density at radius 3 is 2.89 bits per heavy atom. The van der Waals surface area contributed by atoms with Gasteiger partial charge in [0, 0.05) is 31.3 Å². The summed E-state index contributed by atoms with van der Waals surface area (Å²) < 4.78 is 57.4. The fraction of sp³-hybridized carbons (Fsp3) is 0.333. The molecule has 6 rings (SSSR count). The lowest BCUT2D eigenvalue weighted by Crippen LogP contribution is -2.46. The SMILES string of the molecule is N#Cc1cc(COc2cc3n(c(=O)n2)C[C@]24CO[C@H](CN32)C4)ccc1Oc1ccnc(C(F)(F)F)c1. The molecule has 3 aromatic rings. The Hall–Kier alpha value is -4.11. The van der Waals surface area contributed by atoms with Crippen molar-refractivity contribution < 1.29 is 27.4 Å². The molecule has 0 unspecified atom stereocenters. The predicted octanol–water partition coefficient (Wildman–Crippen LogP) is 3.26. The lowest BCUT2D eigenvalue weighted by molar-refractivity contribution is -0.141. The van der Waals surface area contributed by atoms with E-state index in [1.165, 1.54) is 18.2 Å². The third-order valence-corrected chi connectivity index (χ3v) is 6.65. The van der Waals surface area contributed by atoms with Crippen LogP contribution in [0.15, 0.2) is 47.4 Å². The van der Waals surface area contributed by atoms with Crippen LogP contribution in [0.4, 0.5) is 19.0 Å². The highest BCUT2D eigenvalue weighted by Crippen LogP contribution is 2.46. The number of aromatic nitrogens is 3. The number of nitriles is 1. The van der Waals surface area contributed by atoms with Crippen molar-refractivity contribution in [3.63, 3.8) is 0 Å². The van der Waals surface area contributed by atoms with Crippen LogP contribution in [0.25, 0.3) is 0 Å². The van der Waals surface area contributed by atoms with E-state index in [2.05, 4.69) is 14.9 Å². The van der Waals surface area contributed by atoms with Gasteiger partial charge < -0.3 is 19.1 Å². The molecule has 12 heteroatoms. The Morgan fingerprint density at radius 2 is 2.11 bits per heavy atom. The summed E-state index contributed by atoms with van der Waals surface area (Å²) >= 11 is 0. The van der Waals surface area contributed by atoms with Crippen LogP contribution < -0.4 is 20.1 Å². The summed E-state index contributed by atoms with van der Waals surface area (Å²) in [5.74, 6) is 0.917. The second-order valence-corrected chi connectivity index (χ2v) is 9.00. The van der Waals surface area contributed by atoms with Crippen molar-refractivity contribution in [3.8, 4) is 23.4 Å². The van der Waals surface area contributed by atoms with Crippen LogP contribution in [-0.2, 0) is 24.1 Å². The summed E-state index contributed by atoms with van der Waals surface area (Å²) in [5.41, 5.74) is -0.978. The number of halogens is 3. The van der Waals surface area contributed by atoms with Crippen LogP contribution in [0.2, 0.25) is 0 Å². The van der Waals surface area contributed by atoms with Crippen LogP contribution in [0.1, 0.15) is 23.2 Å². The fourth-order valence-corrected chi connectivity index (χ4v) is 5.02. The minimum absolute atomic E-state index is 0.0230. The second-order valence-electron chi connectivity index (χ2n) is 9.00. The number of nitrogens with zero attached hydrogens (tertiary/aromatic N) is 5. The molecule has 184 valence electrons. The maximum Gasteiger partial charge on any atom is 0.433 e. The molecular formula is C24H18F3N5O4. The molecule has 0 amide bonds. The highest BCUT2D eigenvalue weighted by Gasteiger charge is 2.56. The van der Waals surface area contributed by atoms with Crippen LogP contribution in [0, 0.1) is 11.3 Å². The molecule has 3 aliphatic heterocycles. The fourth-order valence-electron chi connectivity index (χ4n) is 5.02. The number of hydrogen-bond acceptors (Lipinski definition) is 8. The summed E-state index contributed by atoms with van der Waals surface area (Å²) in [5, 5.41) is 9.54.